The highest BCUT2D eigenvalue weighted by Gasteiger charge is 2.55. The van der Waals surface area contributed by atoms with E-state index in [9.17, 15) is 0 Å². The molecule has 0 spiro atoms. The molecule has 4 atom stereocenters. The average molecular weight is 179 g/mol. The van der Waals surface area contributed by atoms with Crippen LogP contribution in [0.15, 0.2) is 5.11 Å². The summed E-state index contributed by atoms with van der Waals surface area (Å²) in [6.45, 7) is 6.95. The van der Waals surface area contributed by atoms with Gasteiger partial charge in [-0.3, -0.25) is 0 Å². The molecule has 13 heavy (non-hydrogen) atoms. The largest absolute Gasteiger partial charge is 0.0903 e. The van der Waals surface area contributed by atoms with Gasteiger partial charge in [-0.2, -0.15) is 0 Å². The van der Waals surface area contributed by atoms with Crippen LogP contribution in [0.1, 0.15) is 33.6 Å². The molecule has 0 aromatic rings. The Labute approximate surface area is 79.1 Å². The van der Waals surface area contributed by atoms with E-state index in [0.717, 1.165) is 18.3 Å². The summed E-state index contributed by atoms with van der Waals surface area (Å²) in [6, 6.07) is 0.266. The summed E-state index contributed by atoms with van der Waals surface area (Å²) < 4.78 is 0. The SMILES string of the molecule is C[C@H]1[C@H]2C[C@@H](C[C@H]1N=[N+]=[N-])C2(C)C. The standard InChI is InChI=1S/C10H17N3/c1-6-8-4-7(10(8,2)3)5-9(6)12-13-11/h6-9H,4-5H2,1-3H3/t6-,7-,8+,9+/m0/s1. The van der Waals surface area contributed by atoms with Gasteiger partial charge in [0, 0.05) is 11.0 Å². The predicted octanol–water partition coefficient (Wildman–Crippen LogP) is 3.37. The van der Waals surface area contributed by atoms with Crippen LogP contribution in [0, 0.1) is 23.2 Å². The molecule has 3 nitrogen and oxygen atoms in total. The summed E-state index contributed by atoms with van der Waals surface area (Å²) in [4.78, 5) is 2.94. The molecule has 0 aromatic heterocycles. The fraction of sp³-hybridized carbons (Fsp3) is 1.00. The quantitative estimate of drug-likeness (QED) is 0.336. The summed E-state index contributed by atoms with van der Waals surface area (Å²) in [6.07, 6.45) is 2.46. The molecule has 0 unspecified atom stereocenters. The van der Waals surface area contributed by atoms with E-state index >= 15 is 0 Å². The Bertz CT molecular complexity index is 265. The van der Waals surface area contributed by atoms with Gasteiger partial charge in [-0.1, -0.05) is 25.9 Å². The van der Waals surface area contributed by atoms with E-state index in [-0.39, 0.29) is 6.04 Å². The average Bonchev–Trinajstić information content (AvgIpc) is 2.08. The molecule has 2 bridgehead atoms. The molecule has 3 heteroatoms. The molecular formula is C10H17N3. The maximum atomic E-state index is 8.43. The summed E-state index contributed by atoms with van der Waals surface area (Å²) >= 11 is 0. The van der Waals surface area contributed by atoms with Gasteiger partial charge < -0.3 is 0 Å². The van der Waals surface area contributed by atoms with Gasteiger partial charge in [0.15, 0.2) is 0 Å². The van der Waals surface area contributed by atoms with Crippen molar-refractivity contribution >= 4 is 0 Å². The third-order valence-electron chi connectivity index (χ3n) is 4.51. The summed E-state index contributed by atoms with van der Waals surface area (Å²) in [5.41, 5.74) is 8.93. The first kappa shape index (κ1) is 8.89. The molecule has 3 fully saturated rings. The number of fused-ring (bicyclic) bond motifs is 2. The molecular weight excluding hydrogens is 162 g/mol. The van der Waals surface area contributed by atoms with E-state index < -0.39 is 0 Å². The van der Waals surface area contributed by atoms with Crippen LogP contribution in [0.2, 0.25) is 0 Å². The molecule has 3 saturated carbocycles. The minimum absolute atomic E-state index is 0.266. The monoisotopic (exact) mass is 179 g/mol. The van der Waals surface area contributed by atoms with Gasteiger partial charge in [0.25, 0.3) is 0 Å². The highest BCUT2D eigenvalue weighted by Crippen LogP contribution is 2.61. The number of azide groups is 1. The number of hydrogen-bond donors (Lipinski definition) is 0. The van der Waals surface area contributed by atoms with Gasteiger partial charge in [0.1, 0.15) is 0 Å². The number of nitrogens with zero attached hydrogens (tertiary/aromatic N) is 3. The van der Waals surface area contributed by atoms with Crippen LogP contribution in [0.3, 0.4) is 0 Å². The van der Waals surface area contributed by atoms with E-state index in [1.165, 1.54) is 6.42 Å². The second-order valence-electron chi connectivity index (χ2n) is 5.23. The smallest absolute Gasteiger partial charge is 0.0405 e. The highest BCUT2D eigenvalue weighted by atomic mass is 15.2. The zero-order valence-electron chi connectivity index (χ0n) is 8.57. The van der Waals surface area contributed by atoms with Crippen LogP contribution in [0.5, 0.6) is 0 Å². The zero-order chi connectivity index (χ0) is 9.64. The Hall–Kier alpha value is -0.690. The third-order valence-corrected chi connectivity index (χ3v) is 4.51. The lowest BCUT2D eigenvalue weighted by Gasteiger charge is -2.61. The van der Waals surface area contributed by atoms with Crippen molar-refractivity contribution < 1.29 is 0 Å². The van der Waals surface area contributed by atoms with Crippen LogP contribution in [-0.4, -0.2) is 6.04 Å². The maximum absolute atomic E-state index is 8.43. The van der Waals surface area contributed by atoms with Crippen molar-refractivity contribution in [3.05, 3.63) is 10.4 Å². The minimum Gasteiger partial charge on any atom is -0.0903 e. The van der Waals surface area contributed by atoms with E-state index in [2.05, 4.69) is 30.8 Å². The van der Waals surface area contributed by atoms with Gasteiger partial charge in [-0.05, 0) is 41.5 Å². The Morgan fingerprint density at radius 1 is 1.38 bits per heavy atom. The van der Waals surface area contributed by atoms with Gasteiger partial charge in [-0.25, -0.2) is 0 Å². The molecule has 0 saturated heterocycles. The van der Waals surface area contributed by atoms with Crippen molar-refractivity contribution in [3.8, 4) is 0 Å². The molecule has 0 heterocycles. The number of rotatable bonds is 1. The normalized spacial score (nSPS) is 46.1. The Kier molecular flexibility index (Phi) is 1.81. The molecule has 0 N–H and O–H groups in total. The molecule has 0 radical (unpaired) electrons. The van der Waals surface area contributed by atoms with Gasteiger partial charge in [-0.15, -0.1) is 0 Å². The maximum Gasteiger partial charge on any atom is 0.0405 e. The summed E-state index contributed by atoms with van der Waals surface area (Å²) in [5, 5.41) is 3.89. The zero-order valence-corrected chi connectivity index (χ0v) is 8.57. The van der Waals surface area contributed by atoms with Crippen LogP contribution in [-0.2, 0) is 0 Å². The molecule has 3 aliphatic rings. The molecule has 3 aliphatic carbocycles. The van der Waals surface area contributed by atoms with Crippen molar-refractivity contribution in [2.45, 2.75) is 39.7 Å². The third kappa shape index (κ3) is 1.07. The number of hydrogen-bond acceptors (Lipinski definition) is 1. The first-order valence-corrected chi connectivity index (χ1v) is 5.11. The second-order valence-corrected chi connectivity index (χ2v) is 5.23. The lowest BCUT2D eigenvalue weighted by molar-refractivity contribution is -0.108. The first-order chi connectivity index (χ1) is 6.07. The lowest BCUT2D eigenvalue weighted by atomic mass is 9.45. The van der Waals surface area contributed by atoms with Crippen LogP contribution >= 0.6 is 0 Å². The second kappa shape index (κ2) is 2.65. The Morgan fingerprint density at radius 2 is 2.08 bits per heavy atom. The summed E-state index contributed by atoms with van der Waals surface area (Å²) in [7, 11) is 0. The van der Waals surface area contributed by atoms with E-state index in [1.54, 1.807) is 0 Å². The highest BCUT2D eigenvalue weighted by molar-refractivity contribution is 5.06. The van der Waals surface area contributed by atoms with E-state index in [0.29, 0.717) is 11.3 Å². The van der Waals surface area contributed by atoms with Crippen molar-refractivity contribution in [3.63, 3.8) is 0 Å². The van der Waals surface area contributed by atoms with Crippen molar-refractivity contribution in [1.82, 2.24) is 0 Å². The molecule has 0 amide bonds. The van der Waals surface area contributed by atoms with Crippen molar-refractivity contribution in [1.29, 1.82) is 0 Å². The molecule has 72 valence electrons. The predicted molar refractivity (Wildman–Crippen MR) is 52.1 cm³/mol. The van der Waals surface area contributed by atoms with Crippen LogP contribution in [0.4, 0.5) is 0 Å². The molecule has 0 aromatic carbocycles. The van der Waals surface area contributed by atoms with Gasteiger partial charge in [0.05, 0.1) is 0 Å². The van der Waals surface area contributed by atoms with Crippen LogP contribution in [0.25, 0.3) is 10.4 Å². The fourth-order valence-corrected chi connectivity index (χ4v) is 3.34. The van der Waals surface area contributed by atoms with Crippen molar-refractivity contribution in [2.75, 3.05) is 0 Å². The van der Waals surface area contributed by atoms with E-state index in [4.69, 9.17) is 5.53 Å². The van der Waals surface area contributed by atoms with Crippen molar-refractivity contribution in [2.24, 2.45) is 28.3 Å². The van der Waals surface area contributed by atoms with Crippen LogP contribution < -0.4 is 0 Å². The minimum atomic E-state index is 0.266. The lowest BCUT2D eigenvalue weighted by Crippen LogP contribution is -2.56. The molecule has 0 aliphatic heterocycles. The molecule has 3 rings (SSSR count). The first-order valence-electron chi connectivity index (χ1n) is 5.11. The fourth-order valence-electron chi connectivity index (χ4n) is 3.34. The van der Waals surface area contributed by atoms with E-state index in [1.807, 2.05) is 0 Å². The Morgan fingerprint density at radius 3 is 2.54 bits per heavy atom. The summed E-state index contributed by atoms with van der Waals surface area (Å²) in [5.74, 6) is 2.15. The van der Waals surface area contributed by atoms with Gasteiger partial charge in [0.2, 0.25) is 0 Å². The topological polar surface area (TPSA) is 48.8 Å². The van der Waals surface area contributed by atoms with Gasteiger partial charge >= 0.3 is 0 Å². The Balaban J connectivity index is 2.16.